The molecule has 2 aliphatic rings. The van der Waals surface area contributed by atoms with Crippen LogP contribution in [0.1, 0.15) is 47.5 Å². The summed E-state index contributed by atoms with van der Waals surface area (Å²) in [5, 5.41) is 16.3. The molecular formula is C32H45N3O10. The lowest BCUT2D eigenvalue weighted by molar-refractivity contribution is -0.126. The Labute approximate surface area is 263 Å². The van der Waals surface area contributed by atoms with Gasteiger partial charge in [0.15, 0.2) is 6.10 Å². The molecule has 0 aromatic carbocycles. The topological polar surface area (TPSA) is 193 Å². The highest BCUT2D eigenvalue weighted by Crippen LogP contribution is 2.29. The van der Waals surface area contributed by atoms with Crippen LogP contribution in [0.4, 0.5) is 4.79 Å². The second-order valence-electron chi connectivity index (χ2n) is 11.1. The van der Waals surface area contributed by atoms with Crippen molar-refractivity contribution in [2.45, 2.75) is 71.9 Å². The zero-order valence-corrected chi connectivity index (χ0v) is 26.9. The predicted molar refractivity (Wildman–Crippen MR) is 164 cm³/mol. The Balaban J connectivity index is 2.62. The van der Waals surface area contributed by atoms with Gasteiger partial charge in [0.05, 0.1) is 23.6 Å². The van der Waals surface area contributed by atoms with E-state index in [2.05, 4.69) is 10.6 Å². The summed E-state index contributed by atoms with van der Waals surface area (Å²) >= 11 is 0. The van der Waals surface area contributed by atoms with E-state index in [9.17, 15) is 29.1 Å². The summed E-state index contributed by atoms with van der Waals surface area (Å²) in [6.45, 7) is 8.48. The number of methoxy groups -OCH3 is 2. The third-order valence-electron chi connectivity index (χ3n) is 7.50. The van der Waals surface area contributed by atoms with Crippen LogP contribution in [0.3, 0.4) is 0 Å². The maximum atomic E-state index is 13.7. The molecule has 5 N–H and O–H groups in total. The molecule has 1 aliphatic heterocycles. The van der Waals surface area contributed by atoms with Crippen LogP contribution >= 0.6 is 0 Å². The van der Waals surface area contributed by atoms with Crippen LogP contribution in [0.25, 0.3) is 0 Å². The SMILES string of the molecule is CCOCC(=O)NC1=C2C[C@@H](C)C[C@H](OC)[C@H](O)[C@@H](C)/C=C(\C)[C@H](OC(N)=O)[C@@H](OC)/C=C\C=C(/C)C(=O)NC(=CC1=O)C2=O. The summed E-state index contributed by atoms with van der Waals surface area (Å²) in [4.78, 5) is 64.1. The van der Waals surface area contributed by atoms with Crippen molar-refractivity contribution >= 4 is 29.5 Å². The molecule has 0 saturated carbocycles. The molecule has 0 unspecified atom stereocenters. The zero-order chi connectivity index (χ0) is 33.8. The van der Waals surface area contributed by atoms with E-state index < -0.39 is 59.8 Å². The van der Waals surface area contributed by atoms with E-state index in [1.54, 1.807) is 32.9 Å². The van der Waals surface area contributed by atoms with Crippen molar-refractivity contribution in [3.05, 3.63) is 58.5 Å². The largest absolute Gasteiger partial charge is 0.439 e. The number of rotatable bonds is 7. The van der Waals surface area contributed by atoms with Gasteiger partial charge in [-0.3, -0.25) is 19.2 Å². The van der Waals surface area contributed by atoms with Crippen molar-refractivity contribution in [1.82, 2.24) is 10.6 Å². The number of aliphatic hydroxyl groups excluding tert-OH is 1. The number of allylic oxidation sites excluding steroid dienone is 4. The number of hydrogen-bond acceptors (Lipinski definition) is 10. The number of hydrogen-bond donors (Lipinski definition) is 4. The molecule has 2 rings (SSSR count). The van der Waals surface area contributed by atoms with Crippen molar-refractivity contribution in [2.75, 3.05) is 27.4 Å². The van der Waals surface area contributed by atoms with Crippen LogP contribution in [-0.4, -0.2) is 86.4 Å². The fourth-order valence-corrected chi connectivity index (χ4v) is 5.09. The maximum absolute atomic E-state index is 13.7. The van der Waals surface area contributed by atoms with Gasteiger partial charge in [-0.05, 0) is 45.1 Å². The average molecular weight is 632 g/mol. The van der Waals surface area contributed by atoms with Crippen molar-refractivity contribution in [2.24, 2.45) is 17.6 Å². The first kappa shape index (κ1) is 37.3. The summed E-state index contributed by atoms with van der Waals surface area (Å²) in [5.74, 6) is -3.37. The molecule has 0 aromatic rings. The summed E-state index contributed by atoms with van der Waals surface area (Å²) in [5.41, 5.74) is 5.66. The Morgan fingerprint density at radius 2 is 1.82 bits per heavy atom. The van der Waals surface area contributed by atoms with E-state index in [-0.39, 0.29) is 54.5 Å². The number of aliphatic hydroxyl groups is 1. The average Bonchev–Trinajstić information content (AvgIpc) is 2.98. The van der Waals surface area contributed by atoms with Crippen LogP contribution in [0.5, 0.6) is 0 Å². The molecule has 0 radical (unpaired) electrons. The van der Waals surface area contributed by atoms with Gasteiger partial charge >= 0.3 is 6.09 Å². The smallest absolute Gasteiger partial charge is 0.405 e. The van der Waals surface area contributed by atoms with Gasteiger partial charge in [-0.25, -0.2) is 4.79 Å². The number of fused-ring (bicyclic) bond motifs is 2. The first-order valence-electron chi connectivity index (χ1n) is 14.7. The van der Waals surface area contributed by atoms with Crippen LogP contribution in [0.2, 0.25) is 0 Å². The van der Waals surface area contributed by atoms with Crippen molar-refractivity contribution in [1.29, 1.82) is 0 Å². The van der Waals surface area contributed by atoms with E-state index in [0.29, 0.717) is 5.57 Å². The maximum Gasteiger partial charge on any atom is 0.405 e. The number of carbonyl (C=O) groups is 5. The summed E-state index contributed by atoms with van der Waals surface area (Å²) in [7, 11) is 2.86. The van der Waals surface area contributed by atoms with Gasteiger partial charge in [0.2, 0.25) is 17.5 Å². The Bertz CT molecular complexity index is 1300. The standard InChI is InChI=1S/C32H45N3O10/c1-8-44-16-26(37)35-27-21-12-17(2)13-25(43-7)28(38)19(4)14-20(5)30(45-32(33)41)24(42-6)11-9-10-18(3)31(40)34-22(29(21)39)15-23(27)36/h9-11,14-15,17,19,24-25,28,30,38H,8,12-13,16H2,1-7H3,(H2,33,41)(H,34,40)(H,35,37)/b11-9-,18-10+,20-14+/t17-,19+,24+,25+,28-,30+/m1/s1. The molecule has 13 heteroatoms. The fraction of sp³-hybridized carbons (Fsp3) is 0.531. The minimum absolute atomic E-state index is 0.0112. The quantitative estimate of drug-likeness (QED) is 0.238. The number of carbonyl (C=O) groups excluding carboxylic acids is 5. The van der Waals surface area contributed by atoms with E-state index in [1.165, 1.54) is 33.3 Å². The minimum atomic E-state index is -1.02. The molecule has 3 amide bonds. The second-order valence-corrected chi connectivity index (χ2v) is 11.1. The van der Waals surface area contributed by atoms with Gasteiger partial charge in [0, 0.05) is 44.0 Å². The summed E-state index contributed by atoms with van der Waals surface area (Å²) in [6, 6.07) is 0. The van der Waals surface area contributed by atoms with Crippen LogP contribution < -0.4 is 16.4 Å². The number of ether oxygens (including phenoxy) is 4. The van der Waals surface area contributed by atoms with E-state index in [0.717, 1.165) is 6.08 Å². The monoisotopic (exact) mass is 631 g/mol. The number of ketones is 2. The van der Waals surface area contributed by atoms with Gasteiger partial charge in [-0.2, -0.15) is 0 Å². The van der Waals surface area contributed by atoms with Crippen LogP contribution in [0.15, 0.2) is 58.5 Å². The third-order valence-corrected chi connectivity index (χ3v) is 7.50. The molecule has 0 saturated heterocycles. The molecule has 6 atom stereocenters. The highest BCUT2D eigenvalue weighted by atomic mass is 16.6. The number of primary amides is 1. The molecule has 1 aliphatic carbocycles. The molecule has 248 valence electrons. The number of amides is 3. The van der Waals surface area contributed by atoms with Crippen LogP contribution in [0, 0.1) is 11.8 Å². The molecule has 0 aromatic heterocycles. The molecule has 0 fully saturated rings. The summed E-state index contributed by atoms with van der Waals surface area (Å²) in [6.07, 6.45) is 3.02. The first-order valence-corrected chi connectivity index (χ1v) is 14.7. The lowest BCUT2D eigenvalue weighted by Gasteiger charge is -2.30. The van der Waals surface area contributed by atoms with Crippen LogP contribution in [-0.2, 0) is 38.1 Å². The zero-order valence-electron chi connectivity index (χ0n) is 26.9. The lowest BCUT2D eigenvalue weighted by Crippen LogP contribution is -2.39. The molecule has 1 heterocycles. The molecule has 13 nitrogen and oxygen atoms in total. The third kappa shape index (κ3) is 10.6. The van der Waals surface area contributed by atoms with Gasteiger partial charge in [0.25, 0.3) is 5.91 Å². The number of nitrogens with two attached hydrogens (primary N) is 1. The summed E-state index contributed by atoms with van der Waals surface area (Å²) < 4.78 is 21.7. The van der Waals surface area contributed by atoms with Gasteiger partial charge < -0.3 is 40.4 Å². The normalized spacial score (nSPS) is 30.3. The number of Topliss-reactive ketones (excluding diaryl/α,β-unsaturated/α-hetero) is 1. The van der Waals surface area contributed by atoms with Crippen molar-refractivity contribution in [3.8, 4) is 0 Å². The molecule has 45 heavy (non-hydrogen) atoms. The second kappa shape index (κ2) is 17.5. The van der Waals surface area contributed by atoms with E-state index in [4.69, 9.17) is 24.7 Å². The first-order chi connectivity index (χ1) is 21.2. The van der Waals surface area contributed by atoms with Gasteiger partial charge in [-0.15, -0.1) is 0 Å². The van der Waals surface area contributed by atoms with Gasteiger partial charge in [-0.1, -0.05) is 38.2 Å². The fourth-order valence-electron chi connectivity index (χ4n) is 5.09. The highest BCUT2D eigenvalue weighted by Gasteiger charge is 2.34. The highest BCUT2D eigenvalue weighted by molar-refractivity contribution is 6.24. The van der Waals surface area contributed by atoms with Crippen molar-refractivity contribution in [3.63, 3.8) is 0 Å². The van der Waals surface area contributed by atoms with E-state index in [1.807, 2.05) is 6.92 Å². The Hall–Kier alpha value is -3.91. The molecule has 2 bridgehead atoms. The molecular weight excluding hydrogens is 586 g/mol. The van der Waals surface area contributed by atoms with Crippen molar-refractivity contribution < 1.29 is 48.0 Å². The minimum Gasteiger partial charge on any atom is -0.439 e. The Kier molecular flexibility index (Phi) is 14.5. The van der Waals surface area contributed by atoms with E-state index >= 15 is 0 Å². The lowest BCUT2D eigenvalue weighted by atomic mass is 9.85. The Morgan fingerprint density at radius 3 is 2.42 bits per heavy atom. The van der Waals surface area contributed by atoms with Gasteiger partial charge in [0.1, 0.15) is 12.7 Å². The predicted octanol–water partition coefficient (Wildman–Crippen LogP) is 1.91. The Morgan fingerprint density at radius 1 is 1.13 bits per heavy atom. The molecule has 0 spiro atoms. The number of nitrogens with one attached hydrogen (secondary N) is 2.